The molecule has 0 aliphatic carbocycles. The first kappa shape index (κ1) is 14.0. The largest absolute Gasteiger partial charge is 0.306 e. The standard InChI is InChI=1S/C13H10ClN3O3/c1-8-6-9(17(19)20)7-15-12(8)16-13(18)10-4-2-3-5-11(10)14/h2-7H,1H3,(H,15,16,18). The van der Waals surface area contributed by atoms with Gasteiger partial charge in [-0.25, -0.2) is 4.98 Å². The Morgan fingerprint density at radius 1 is 1.40 bits per heavy atom. The molecule has 0 bridgehead atoms. The molecule has 6 nitrogen and oxygen atoms in total. The van der Waals surface area contributed by atoms with Crippen molar-refractivity contribution in [3.8, 4) is 0 Å². The lowest BCUT2D eigenvalue weighted by Crippen LogP contribution is -2.14. The number of halogens is 1. The lowest BCUT2D eigenvalue weighted by Gasteiger charge is -2.08. The topological polar surface area (TPSA) is 85.1 Å². The fourth-order valence-electron chi connectivity index (χ4n) is 1.61. The maximum Gasteiger partial charge on any atom is 0.287 e. The first-order chi connectivity index (χ1) is 9.49. The molecule has 1 heterocycles. The van der Waals surface area contributed by atoms with E-state index in [0.717, 1.165) is 6.20 Å². The van der Waals surface area contributed by atoms with E-state index >= 15 is 0 Å². The number of hydrogen-bond acceptors (Lipinski definition) is 4. The summed E-state index contributed by atoms with van der Waals surface area (Å²) in [6.45, 7) is 1.63. The zero-order valence-corrected chi connectivity index (χ0v) is 11.2. The Bertz CT molecular complexity index is 688. The number of aryl methyl sites for hydroxylation is 1. The predicted molar refractivity (Wildman–Crippen MR) is 75.0 cm³/mol. The minimum atomic E-state index is -0.542. The van der Waals surface area contributed by atoms with Crippen molar-refractivity contribution in [2.75, 3.05) is 5.32 Å². The van der Waals surface area contributed by atoms with E-state index in [1.165, 1.54) is 6.07 Å². The highest BCUT2D eigenvalue weighted by Crippen LogP contribution is 2.20. The fourth-order valence-corrected chi connectivity index (χ4v) is 1.83. The number of amides is 1. The summed E-state index contributed by atoms with van der Waals surface area (Å²) >= 11 is 5.92. The van der Waals surface area contributed by atoms with Crippen LogP contribution in [0.4, 0.5) is 11.5 Å². The Balaban J connectivity index is 2.25. The van der Waals surface area contributed by atoms with Gasteiger partial charge in [-0.1, -0.05) is 23.7 Å². The molecule has 0 aliphatic heterocycles. The van der Waals surface area contributed by atoms with Crippen LogP contribution >= 0.6 is 11.6 Å². The SMILES string of the molecule is Cc1cc([N+](=O)[O-])cnc1NC(=O)c1ccccc1Cl. The maximum atomic E-state index is 12.0. The molecule has 20 heavy (non-hydrogen) atoms. The van der Waals surface area contributed by atoms with Crippen molar-refractivity contribution in [1.82, 2.24) is 4.98 Å². The molecule has 0 saturated heterocycles. The van der Waals surface area contributed by atoms with Gasteiger partial charge in [-0.15, -0.1) is 0 Å². The van der Waals surface area contributed by atoms with Gasteiger partial charge in [-0.2, -0.15) is 0 Å². The smallest absolute Gasteiger partial charge is 0.287 e. The van der Waals surface area contributed by atoms with Crippen LogP contribution in [0.25, 0.3) is 0 Å². The molecule has 0 fully saturated rings. The summed E-state index contributed by atoms with van der Waals surface area (Å²) in [5.41, 5.74) is 0.687. The van der Waals surface area contributed by atoms with E-state index < -0.39 is 10.8 Å². The molecule has 1 N–H and O–H groups in total. The van der Waals surface area contributed by atoms with Crippen LogP contribution in [-0.2, 0) is 0 Å². The molecule has 2 rings (SSSR count). The van der Waals surface area contributed by atoms with E-state index in [1.807, 2.05) is 0 Å². The first-order valence-corrected chi connectivity index (χ1v) is 6.04. The van der Waals surface area contributed by atoms with Crippen LogP contribution < -0.4 is 5.32 Å². The molecule has 0 radical (unpaired) electrons. The molecule has 1 amide bonds. The zero-order chi connectivity index (χ0) is 14.7. The number of carbonyl (C=O) groups excluding carboxylic acids is 1. The van der Waals surface area contributed by atoms with Gasteiger partial charge < -0.3 is 5.32 Å². The van der Waals surface area contributed by atoms with Gasteiger partial charge >= 0.3 is 0 Å². The lowest BCUT2D eigenvalue weighted by atomic mass is 10.2. The van der Waals surface area contributed by atoms with Crippen molar-refractivity contribution in [2.24, 2.45) is 0 Å². The minimum Gasteiger partial charge on any atom is -0.306 e. The Kier molecular flexibility index (Phi) is 3.95. The summed E-state index contributed by atoms with van der Waals surface area (Å²) in [6.07, 6.45) is 1.09. The second-order valence-corrected chi connectivity index (χ2v) is 4.46. The monoisotopic (exact) mass is 291 g/mol. The van der Waals surface area contributed by atoms with Crippen molar-refractivity contribution >= 4 is 29.0 Å². The molecule has 0 atom stereocenters. The van der Waals surface area contributed by atoms with Gasteiger partial charge in [0.15, 0.2) is 0 Å². The van der Waals surface area contributed by atoms with Gasteiger partial charge in [0.2, 0.25) is 0 Å². The van der Waals surface area contributed by atoms with E-state index in [9.17, 15) is 14.9 Å². The molecule has 0 aliphatic rings. The van der Waals surface area contributed by atoms with Crippen LogP contribution in [0, 0.1) is 17.0 Å². The second-order valence-electron chi connectivity index (χ2n) is 4.05. The van der Waals surface area contributed by atoms with Crippen molar-refractivity contribution in [3.05, 3.63) is 62.8 Å². The fraction of sp³-hybridized carbons (Fsp3) is 0.0769. The summed E-state index contributed by atoms with van der Waals surface area (Å²) in [4.78, 5) is 26.0. The third-order valence-electron chi connectivity index (χ3n) is 2.63. The molecule has 0 spiro atoms. The summed E-state index contributed by atoms with van der Waals surface area (Å²) < 4.78 is 0. The van der Waals surface area contributed by atoms with Crippen LogP contribution in [-0.4, -0.2) is 15.8 Å². The first-order valence-electron chi connectivity index (χ1n) is 5.66. The Morgan fingerprint density at radius 2 is 2.10 bits per heavy atom. The van der Waals surface area contributed by atoms with Gasteiger partial charge in [0, 0.05) is 6.07 Å². The molecule has 0 saturated carbocycles. The van der Waals surface area contributed by atoms with E-state index in [-0.39, 0.29) is 11.5 Å². The van der Waals surface area contributed by atoms with Gasteiger partial charge in [0.05, 0.1) is 15.5 Å². The third-order valence-corrected chi connectivity index (χ3v) is 2.95. The predicted octanol–water partition coefficient (Wildman–Crippen LogP) is 3.20. The van der Waals surface area contributed by atoms with E-state index in [4.69, 9.17) is 11.6 Å². The van der Waals surface area contributed by atoms with Gasteiger partial charge in [-0.3, -0.25) is 14.9 Å². The summed E-state index contributed by atoms with van der Waals surface area (Å²) in [5, 5.41) is 13.5. The van der Waals surface area contributed by atoms with Crippen LogP contribution in [0.3, 0.4) is 0 Å². The Labute approximate surface area is 119 Å². The van der Waals surface area contributed by atoms with Crippen LogP contribution in [0.2, 0.25) is 5.02 Å². The number of benzene rings is 1. The summed E-state index contributed by atoms with van der Waals surface area (Å²) in [6, 6.07) is 7.94. The highest BCUT2D eigenvalue weighted by molar-refractivity contribution is 6.34. The zero-order valence-electron chi connectivity index (χ0n) is 10.5. The molecule has 7 heteroatoms. The number of nitrogens with zero attached hydrogens (tertiary/aromatic N) is 2. The minimum absolute atomic E-state index is 0.127. The number of aromatic nitrogens is 1. The van der Waals surface area contributed by atoms with Crippen LogP contribution in [0.1, 0.15) is 15.9 Å². The lowest BCUT2D eigenvalue weighted by molar-refractivity contribution is -0.385. The maximum absolute atomic E-state index is 12.0. The number of anilines is 1. The van der Waals surface area contributed by atoms with Gasteiger partial charge in [0.1, 0.15) is 12.0 Å². The van der Waals surface area contributed by atoms with Crippen LogP contribution in [0.15, 0.2) is 36.5 Å². The summed E-state index contributed by atoms with van der Waals surface area (Å²) in [5.74, 6) is -0.152. The number of rotatable bonds is 3. The van der Waals surface area contributed by atoms with Gasteiger partial charge in [-0.05, 0) is 24.6 Å². The molecular weight excluding hydrogens is 282 g/mol. The molecule has 1 aromatic heterocycles. The highest BCUT2D eigenvalue weighted by atomic mass is 35.5. The normalized spacial score (nSPS) is 10.1. The average Bonchev–Trinajstić information content (AvgIpc) is 2.41. The number of pyridine rings is 1. The quantitative estimate of drug-likeness (QED) is 0.695. The molecule has 102 valence electrons. The molecule has 0 unspecified atom stereocenters. The Hall–Kier alpha value is -2.47. The highest BCUT2D eigenvalue weighted by Gasteiger charge is 2.14. The molecule has 1 aromatic carbocycles. The van der Waals surface area contributed by atoms with Crippen molar-refractivity contribution in [1.29, 1.82) is 0 Å². The number of carbonyl (C=O) groups is 1. The van der Waals surface area contributed by atoms with Crippen LogP contribution in [0.5, 0.6) is 0 Å². The van der Waals surface area contributed by atoms with E-state index in [0.29, 0.717) is 16.1 Å². The van der Waals surface area contributed by atoms with Crippen molar-refractivity contribution < 1.29 is 9.72 Å². The summed E-state index contributed by atoms with van der Waals surface area (Å²) in [7, 11) is 0. The molecule has 2 aromatic rings. The average molecular weight is 292 g/mol. The molecular formula is C13H10ClN3O3. The number of nitro groups is 1. The van der Waals surface area contributed by atoms with Crippen molar-refractivity contribution in [2.45, 2.75) is 6.92 Å². The van der Waals surface area contributed by atoms with E-state index in [1.54, 1.807) is 31.2 Å². The number of hydrogen-bond donors (Lipinski definition) is 1. The Morgan fingerprint density at radius 3 is 2.70 bits per heavy atom. The number of nitrogens with one attached hydrogen (secondary N) is 1. The van der Waals surface area contributed by atoms with Gasteiger partial charge in [0.25, 0.3) is 11.6 Å². The van der Waals surface area contributed by atoms with Crippen molar-refractivity contribution in [3.63, 3.8) is 0 Å². The third kappa shape index (κ3) is 2.92. The second kappa shape index (κ2) is 5.66. The van der Waals surface area contributed by atoms with E-state index in [2.05, 4.69) is 10.3 Å².